The number of para-hydroxylation sites is 5. The van der Waals surface area contributed by atoms with Crippen LogP contribution in [0.4, 0.5) is 0 Å². The molecular formula is C96H54N8S2. The van der Waals surface area contributed by atoms with E-state index in [4.69, 9.17) is 19.9 Å². The van der Waals surface area contributed by atoms with Crippen molar-refractivity contribution >= 4 is 194 Å². The molecule has 8 nitrogen and oxygen atoms in total. The summed E-state index contributed by atoms with van der Waals surface area (Å²) in [7, 11) is 0. The van der Waals surface area contributed by atoms with Gasteiger partial charge in [-0.1, -0.05) is 194 Å². The average molecular weight is 1380 g/mol. The SMILES string of the molecule is c1ccc2c(c1)ccc1c2c2cc(-n3c4ccccc4c4ccccc43)ccc2n1-c1nc2ccc(-c3ccc4c(c3)c3ccccc3n4-c3ccc4c(c3)c3c5ccccc5ccc3n4-c3nc4ccccc4nc3-c3cccc4sc5ccccc5c34)cc2nc1-c1ccc2sc3ccccc3c2c1. The first kappa shape index (κ1) is 57.9. The minimum absolute atomic E-state index is 0.775. The Kier molecular flexibility index (Phi) is 12.0. The molecule has 8 heterocycles. The molecule has 490 valence electrons. The zero-order chi connectivity index (χ0) is 69.0. The number of thiophene rings is 2. The number of benzene rings is 16. The van der Waals surface area contributed by atoms with Gasteiger partial charge < -0.3 is 9.13 Å². The lowest BCUT2D eigenvalue weighted by Gasteiger charge is -2.15. The highest BCUT2D eigenvalue weighted by atomic mass is 32.1. The van der Waals surface area contributed by atoms with E-state index in [1.165, 1.54) is 99.9 Å². The normalized spacial score (nSPS) is 12.3. The Labute approximate surface area is 612 Å². The van der Waals surface area contributed by atoms with Gasteiger partial charge in [-0.25, -0.2) is 19.9 Å². The molecule has 24 rings (SSSR count). The van der Waals surface area contributed by atoms with Gasteiger partial charge in [0.15, 0.2) is 11.6 Å². The second kappa shape index (κ2) is 21.9. The maximum atomic E-state index is 5.86. The standard InChI is InChI=1S/C96H54N8S2/c1-3-20-62-55(18-1)37-45-84-90(62)72-53-60(101-78-30-12-5-22-64(78)65-23-6-13-31-79(65)101)41-47-82(72)103(84)95-93(59-40-49-88-71(51-59)67-25-8-15-33-86(67)105-88)98-77-52-58(36-43-76(77)100-95)57-39-44-81-70(50-57)66-24-7-14-32-80(66)102(81)61-42-48-83-73(54-61)91-63-21-4-2-19-56(63)38-46-85(91)104(83)96-94(97-74-28-10-11-29-75(74)99-96)69-27-17-35-89-92(69)68-26-9-16-34-87(68)106-89/h1-54H. The molecule has 0 atom stereocenters. The van der Waals surface area contributed by atoms with Crippen LogP contribution in [-0.4, -0.2) is 38.2 Å². The lowest BCUT2D eigenvalue weighted by Crippen LogP contribution is -2.04. The number of fused-ring (bicyclic) bond motifs is 24. The Hall–Kier alpha value is -13.6. The molecule has 10 heteroatoms. The number of rotatable bonds is 7. The quantitative estimate of drug-likeness (QED) is 0.159. The third-order valence-electron chi connectivity index (χ3n) is 22.3. The number of aromatic nitrogens is 8. The van der Waals surface area contributed by atoms with Crippen LogP contribution in [0.3, 0.4) is 0 Å². The summed E-state index contributed by atoms with van der Waals surface area (Å²) in [5.41, 5.74) is 20.2. The van der Waals surface area contributed by atoms with Crippen molar-refractivity contribution in [2.45, 2.75) is 0 Å². The zero-order valence-corrected chi connectivity index (χ0v) is 58.2. The third kappa shape index (κ3) is 8.27. The molecule has 0 N–H and O–H groups in total. The van der Waals surface area contributed by atoms with E-state index in [1.807, 2.05) is 22.7 Å². The van der Waals surface area contributed by atoms with Crippen LogP contribution in [0.2, 0.25) is 0 Å². The lowest BCUT2D eigenvalue weighted by molar-refractivity contribution is 1.08. The summed E-state index contributed by atoms with van der Waals surface area (Å²) in [6.07, 6.45) is 0. The number of hydrogen-bond acceptors (Lipinski definition) is 6. The maximum absolute atomic E-state index is 5.86. The summed E-state index contributed by atoms with van der Waals surface area (Å²) >= 11 is 3.65. The zero-order valence-electron chi connectivity index (χ0n) is 56.6. The fourth-order valence-electron chi connectivity index (χ4n) is 17.7. The van der Waals surface area contributed by atoms with Gasteiger partial charge in [0.2, 0.25) is 0 Å². The molecule has 24 aromatic rings. The van der Waals surface area contributed by atoms with Gasteiger partial charge in [0, 0.05) is 106 Å². The molecular weight excluding hydrogens is 1330 g/mol. The van der Waals surface area contributed by atoms with Crippen molar-refractivity contribution in [1.82, 2.24) is 38.2 Å². The Morgan fingerprint density at radius 2 is 0.632 bits per heavy atom. The van der Waals surface area contributed by atoms with E-state index in [0.29, 0.717) is 0 Å². The minimum Gasteiger partial charge on any atom is -0.309 e. The van der Waals surface area contributed by atoms with E-state index in [0.717, 1.165) is 128 Å². The Morgan fingerprint density at radius 3 is 1.28 bits per heavy atom. The predicted octanol–water partition coefficient (Wildman–Crippen LogP) is 26.0. The van der Waals surface area contributed by atoms with E-state index >= 15 is 0 Å². The summed E-state index contributed by atoms with van der Waals surface area (Å²) in [5, 5.41) is 19.0. The fraction of sp³-hybridized carbons (Fsp3) is 0. The molecule has 0 aliphatic rings. The van der Waals surface area contributed by atoms with Crippen LogP contribution < -0.4 is 0 Å². The lowest BCUT2D eigenvalue weighted by atomic mass is 10.0. The second-order valence-corrected chi connectivity index (χ2v) is 30.1. The first-order valence-electron chi connectivity index (χ1n) is 35.9. The molecule has 0 aliphatic carbocycles. The highest BCUT2D eigenvalue weighted by Gasteiger charge is 2.27. The Morgan fingerprint density at radius 1 is 0.208 bits per heavy atom. The van der Waals surface area contributed by atoms with Crippen LogP contribution in [0.15, 0.2) is 328 Å². The average Bonchev–Trinajstić information content (AvgIpc) is 1.55. The van der Waals surface area contributed by atoms with Gasteiger partial charge in [-0.15, -0.1) is 22.7 Å². The molecule has 0 aliphatic heterocycles. The van der Waals surface area contributed by atoms with Gasteiger partial charge in [-0.3, -0.25) is 9.13 Å². The summed E-state index contributed by atoms with van der Waals surface area (Å²) in [6, 6.07) is 120. The molecule has 8 aromatic heterocycles. The third-order valence-corrected chi connectivity index (χ3v) is 24.6. The Balaban J connectivity index is 0.688. The minimum atomic E-state index is 0.775. The first-order chi connectivity index (χ1) is 52.5. The van der Waals surface area contributed by atoms with Gasteiger partial charge in [0.1, 0.15) is 11.4 Å². The molecule has 0 bridgehead atoms. The van der Waals surface area contributed by atoms with Crippen molar-refractivity contribution in [1.29, 1.82) is 0 Å². The van der Waals surface area contributed by atoms with Crippen LogP contribution in [0, 0.1) is 0 Å². The summed E-state index contributed by atoms with van der Waals surface area (Å²) < 4.78 is 14.6. The number of nitrogens with zero attached hydrogens (tertiary/aromatic N) is 8. The number of hydrogen-bond donors (Lipinski definition) is 0. The fourth-order valence-corrected chi connectivity index (χ4v) is 19.9. The summed E-state index contributed by atoms with van der Waals surface area (Å²) in [6.45, 7) is 0. The van der Waals surface area contributed by atoms with Crippen molar-refractivity contribution in [3.8, 4) is 56.7 Å². The molecule has 0 saturated heterocycles. The van der Waals surface area contributed by atoms with Crippen LogP contribution in [-0.2, 0) is 0 Å². The van der Waals surface area contributed by atoms with Crippen molar-refractivity contribution in [3.05, 3.63) is 328 Å². The van der Waals surface area contributed by atoms with Crippen LogP contribution in [0.1, 0.15) is 0 Å². The van der Waals surface area contributed by atoms with Crippen LogP contribution >= 0.6 is 22.7 Å². The molecule has 0 unspecified atom stereocenters. The topological polar surface area (TPSA) is 71.3 Å². The van der Waals surface area contributed by atoms with Gasteiger partial charge in [0.05, 0.1) is 66.2 Å². The largest absolute Gasteiger partial charge is 0.309 e. The van der Waals surface area contributed by atoms with Crippen LogP contribution in [0.25, 0.3) is 228 Å². The van der Waals surface area contributed by atoms with Crippen molar-refractivity contribution in [3.63, 3.8) is 0 Å². The van der Waals surface area contributed by atoms with E-state index < -0.39 is 0 Å². The second-order valence-electron chi connectivity index (χ2n) is 28.0. The van der Waals surface area contributed by atoms with E-state index in [2.05, 4.69) is 346 Å². The van der Waals surface area contributed by atoms with E-state index in [9.17, 15) is 0 Å². The highest BCUT2D eigenvalue weighted by Crippen LogP contribution is 2.48. The molecule has 0 radical (unpaired) electrons. The summed E-state index contributed by atoms with van der Waals surface area (Å²) in [4.78, 5) is 22.9. The predicted molar refractivity (Wildman–Crippen MR) is 447 cm³/mol. The van der Waals surface area contributed by atoms with Crippen molar-refractivity contribution in [2.24, 2.45) is 0 Å². The first-order valence-corrected chi connectivity index (χ1v) is 37.5. The van der Waals surface area contributed by atoms with Crippen molar-refractivity contribution < 1.29 is 0 Å². The van der Waals surface area contributed by atoms with Crippen LogP contribution in [0.5, 0.6) is 0 Å². The van der Waals surface area contributed by atoms with Gasteiger partial charge >= 0.3 is 0 Å². The Bertz CT molecular complexity index is 7940. The molecule has 0 spiro atoms. The smallest absolute Gasteiger partial charge is 0.165 e. The van der Waals surface area contributed by atoms with E-state index in [1.54, 1.807) is 0 Å². The van der Waals surface area contributed by atoms with Gasteiger partial charge in [-0.05, 0) is 166 Å². The molecule has 0 fully saturated rings. The summed E-state index contributed by atoms with van der Waals surface area (Å²) in [5.74, 6) is 1.57. The van der Waals surface area contributed by atoms with E-state index in [-0.39, 0.29) is 0 Å². The van der Waals surface area contributed by atoms with Crippen molar-refractivity contribution in [2.75, 3.05) is 0 Å². The molecule has 0 saturated carbocycles. The highest BCUT2D eigenvalue weighted by molar-refractivity contribution is 7.26. The molecule has 16 aromatic carbocycles. The maximum Gasteiger partial charge on any atom is 0.165 e. The van der Waals surface area contributed by atoms with Gasteiger partial charge in [-0.2, -0.15) is 0 Å². The molecule has 0 amide bonds. The monoisotopic (exact) mass is 1380 g/mol. The van der Waals surface area contributed by atoms with Gasteiger partial charge in [0.25, 0.3) is 0 Å². The molecule has 106 heavy (non-hydrogen) atoms.